The maximum atomic E-state index is 10.8. The summed E-state index contributed by atoms with van der Waals surface area (Å²) in [5.41, 5.74) is 0. The average molecular weight is 265 g/mol. The maximum Gasteiger partial charge on any atom is 0.371 e. The highest BCUT2D eigenvalue weighted by Gasteiger charge is 2.22. The molecule has 2 N–H and O–H groups in total. The minimum absolute atomic E-state index is 0.00831. The van der Waals surface area contributed by atoms with Gasteiger partial charge in [-0.15, -0.1) is 0 Å². The van der Waals surface area contributed by atoms with E-state index in [4.69, 9.17) is 9.52 Å². The van der Waals surface area contributed by atoms with E-state index in [0.29, 0.717) is 11.8 Å². The van der Waals surface area contributed by atoms with Gasteiger partial charge in [0.1, 0.15) is 5.76 Å². The van der Waals surface area contributed by atoms with Crippen molar-refractivity contribution in [2.24, 2.45) is 5.92 Å². The van der Waals surface area contributed by atoms with E-state index in [1.807, 2.05) is 6.92 Å². The van der Waals surface area contributed by atoms with E-state index >= 15 is 0 Å². The standard InChI is InChI=1S/C15H23NO3/c1-10(12-6-4-3-5-7-12)16-11(2)13-8-9-14(19-13)15(17)18/h8-12,16H,3-7H2,1-2H3,(H,17,18)/t10-,11?/m1/s1. The third-order valence-corrected chi connectivity index (χ3v) is 4.13. The predicted octanol–water partition coefficient (Wildman–Crippen LogP) is 3.60. The molecule has 1 aromatic heterocycles. The Morgan fingerprint density at radius 1 is 1.32 bits per heavy atom. The van der Waals surface area contributed by atoms with E-state index in [0.717, 1.165) is 5.92 Å². The molecule has 1 unspecified atom stereocenters. The Bertz CT molecular complexity index is 421. The fourth-order valence-corrected chi connectivity index (χ4v) is 2.95. The molecule has 0 saturated heterocycles. The first-order valence-corrected chi connectivity index (χ1v) is 7.17. The van der Waals surface area contributed by atoms with Crippen LogP contribution in [0, 0.1) is 5.92 Å². The maximum absolute atomic E-state index is 10.8. The third-order valence-electron chi connectivity index (χ3n) is 4.13. The van der Waals surface area contributed by atoms with Gasteiger partial charge in [-0.3, -0.25) is 0 Å². The Kier molecular flexibility index (Phi) is 4.64. The van der Waals surface area contributed by atoms with E-state index in [9.17, 15) is 4.79 Å². The molecular formula is C15H23NO3. The van der Waals surface area contributed by atoms with E-state index in [1.165, 1.54) is 38.2 Å². The highest BCUT2D eigenvalue weighted by Crippen LogP contribution is 2.28. The highest BCUT2D eigenvalue weighted by molar-refractivity contribution is 5.84. The third kappa shape index (κ3) is 3.60. The van der Waals surface area contributed by atoms with Crippen molar-refractivity contribution in [3.63, 3.8) is 0 Å². The van der Waals surface area contributed by atoms with Crippen molar-refractivity contribution in [3.8, 4) is 0 Å². The van der Waals surface area contributed by atoms with Gasteiger partial charge in [0.2, 0.25) is 5.76 Å². The molecule has 0 bridgehead atoms. The van der Waals surface area contributed by atoms with Crippen molar-refractivity contribution in [1.29, 1.82) is 0 Å². The second-order valence-electron chi connectivity index (χ2n) is 5.58. The Hall–Kier alpha value is -1.29. The summed E-state index contributed by atoms with van der Waals surface area (Å²) >= 11 is 0. The number of carbonyl (C=O) groups is 1. The zero-order valence-corrected chi connectivity index (χ0v) is 11.7. The summed E-state index contributed by atoms with van der Waals surface area (Å²) in [6.07, 6.45) is 6.60. The second kappa shape index (κ2) is 6.24. The summed E-state index contributed by atoms with van der Waals surface area (Å²) in [4.78, 5) is 10.8. The van der Waals surface area contributed by atoms with Gasteiger partial charge < -0.3 is 14.8 Å². The first-order valence-electron chi connectivity index (χ1n) is 7.17. The number of hydrogen-bond donors (Lipinski definition) is 2. The predicted molar refractivity (Wildman–Crippen MR) is 73.3 cm³/mol. The van der Waals surface area contributed by atoms with Gasteiger partial charge >= 0.3 is 5.97 Å². The van der Waals surface area contributed by atoms with Crippen LogP contribution < -0.4 is 5.32 Å². The highest BCUT2D eigenvalue weighted by atomic mass is 16.4. The van der Waals surface area contributed by atoms with Crippen LogP contribution in [0.4, 0.5) is 0 Å². The Balaban J connectivity index is 1.91. The summed E-state index contributed by atoms with van der Waals surface area (Å²) in [7, 11) is 0. The zero-order chi connectivity index (χ0) is 13.8. The molecule has 106 valence electrons. The van der Waals surface area contributed by atoms with Gasteiger partial charge in [0.05, 0.1) is 6.04 Å². The summed E-state index contributed by atoms with van der Waals surface area (Å²) in [6.45, 7) is 4.23. The Labute approximate surface area is 114 Å². The van der Waals surface area contributed by atoms with Crippen LogP contribution >= 0.6 is 0 Å². The minimum atomic E-state index is -1.02. The number of hydrogen-bond acceptors (Lipinski definition) is 3. The largest absolute Gasteiger partial charge is 0.475 e. The quantitative estimate of drug-likeness (QED) is 0.854. The summed E-state index contributed by atoms with van der Waals surface area (Å²) in [6, 6.07) is 3.74. The van der Waals surface area contributed by atoms with Crippen molar-refractivity contribution in [1.82, 2.24) is 5.32 Å². The fraction of sp³-hybridized carbons (Fsp3) is 0.667. The lowest BCUT2D eigenvalue weighted by molar-refractivity contribution is 0.0659. The van der Waals surface area contributed by atoms with Crippen molar-refractivity contribution < 1.29 is 14.3 Å². The minimum Gasteiger partial charge on any atom is -0.475 e. The van der Waals surface area contributed by atoms with Gasteiger partial charge in [0.15, 0.2) is 0 Å². The average Bonchev–Trinajstić information content (AvgIpc) is 2.89. The van der Waals surface area contributed by atoms with Gasteiger partial charge in [-0.05, 0) is 44.7 Å². The normalized spacial score (nSPS) is 20.1. The van der Waals surface area contributed by atoms with E-state index in [-0.39, 0.29) is 11.8 Å². The molecule has 1 aliphatic carbocycles. The zero-order valence-electron chi connectivity index (χ0n) is 11.7. The molecule has 1 aromatic rings. The molecule has 0 spiro atoms. The second-order valence-corrected chi connectivity index (χ2v) is 5.58. The van der Waals surface area contributed by atoms with Crippen LogP contribution in [-0.2, 0) is 0 Å². The van der Waals surface area contributed by atoms with Crippen molar-refractivity contribution in [2.75, 3.05) is 0 Å². The fourth-order valence-electron chi connectivity index (χ4n) is 2.95. The lowest BCUT2D eigenvalue weighted by Gasteiger charge is -2.30. The van der Waals surface area contributed by atoms with Crippen LogP contribution in [0.3, 0.4) is 0 Å². The monoisotopic (exact) mass is 265 g/mol. The smallest absolute Gasteiger partial charge is 0.371 e. The van der Waals surface area contributed by atoms with Crippen LogP contribution in [0.5, 0.6) is 0 Å². The van der Waals surface area contributed by atoms with Crippen LogP contribution in [0.1, 0.15) is 68.3 Å². The molecular weight excluding hydrogens is 242 g/mol. The number of nitrogens with one attached hydrogen (secondary N) is 1. The molecule has 0 amide bonds. The lowest BCUT2D eigenvalue weighted by Crippen LogP contribution is -2.36. The van der Waals surface area contributed by atoms with Crippen LogP contribution in [-0.4, -0.2) is 17.1 Å². The molecule has 2 rings (SSSR count). The summed E-state index contributed by atoms with van der Waals surface area (Å²) < 4.78 is 5.33. The van der Waals surface area contributed by atoms with Gasteiger partial charge in [0, 0.05) is 6.04 Å². The Morgan fingerprint density at radius 3 is 2.58 bits per heavy atom. The Morgan fingerprint density at radius 2 is 2.00 bits per heavy atom. The molecule has 4 nitrogen and oxygen atoms in total. The van der Waals surface area contributed by atoms with Crippen LogP contribution in [0.15, 0.2) is 16.5 Å². The van der Waals surface area contributed by atoms with Crippen molar-refractivity contribution in [2.45, 2.75) is 58.0 Å². The van der Waals surface area contributed by atoms with Crippen LogP contribution in [0.2, 0.25) is 0 Å². The van der Waals surface area contributed by atoms with Gasteiger partial charge in [-0.1, -0.05) is 19.3 Å². The summed E-state index contributed by atoms with van der Waals surface area (Å²) in [5.74, 6) is 0.415. The van der Waals surface area contributed by atoms with E-state index < -0.39 is 5.97 Å². The molecule has 4 heteroatoms. The van der Waals surface area contributed by atoms with Crippen molar-refractivity contribution >= 4 is 5.97 Å². The molecule has 1 saturated carbocycles. The molecule has 1 aliphatic rings. The summed E-state index contributed by atoms with van der Waals surface area (Å²) in [5, 5.41) is 12.4. The molecule has 2 atom stereocenters. The lowest BCUT2D eigenvalue weighted by atomic mass is 9.84. The number of rotatable bonds is 5. The number of carboxylic acids is 1. The van der Waals surface area contributed by atoms with Gasteiger partial charge in [-0.25, -0.2) is 4.79 Å². The molecule has 19 heavy (non-hydrogen) atoms. The first-order chi connectivity index (χ1) is 9.08. The first kappa shape index (κ1) is 14.1. The van der Waals surface area contributed by atoms with Gasteiger partial charge in [-0.2, -0.15) is 0 Å². The van der Waals surface area contributed by atoms with E-state index in [2.05, 4.69) is 12.2 Å². The van der Waals surface area contributed by atoms with Gasteiger partial charge in [0.25, 0.3) is 0 Å². The number of aromatic carboxylic acids is 1. The van der Waals surface area contributed by atoms with Crippen molar-refractivity contribution in [3.05, 3.63) is 23.7 Å². The van der Waals surface area contributed by atoms with E-state index in [1.54, 1.807) is 6.07 Å². The molecule has 0 aromatic carbocycles. The number of furan rings is 1. The SMILES string of the molecule is CC(N[C@H](C)C1CCCCC1)c1ccc(C(=O)O)o1. The number of carboxylic acid groups (broad SMARTS) is 1. The molecule has 0 radical (unpaired) electrons. The molecule has 1 heterocycles. The molecule has 0 aliphatic heterocycles. The topological polar surface area (TPSA) is 62.5 Å². The molecule has 1 fully saturated rings. The van der Waals surface area contributed by atoms with Crippen LogP contribution in [0.25, 0.3) is 0 Å².